The molecule has 0 heterocycles. The number of ether oxygens (including phenoxy) is 1. The molecule has 1 fully saturated rings. The molecule has 0 radical (unpaired) electrons. The number of benzene rings is 1. The predicted octanol–water partition coefficient (Wildman–Crippen LogP) is 3.42. The van der Waals surface area contributed by atoms with Gasteiger partial charge in [-0.25, -0.2) is 4.39 Å². The van der Waals surface area contributed by atoms with Gasteiger partial charge in [0.15, 0.2) is 0 Å². The third kappa shape index (κ3) is 3.97. The molecule has 1 saturated carbocycles. The Morgan fingerprint density at radius 2 is 2.00 bits per heavy atom. The average molecular weight is 399 g/mol. The van der Waals surface area contributed by atoms with Gasteiger partial charge in [0.25, 0.3) is 0 Å². The van der Waals surface area contributed by atoms with E-state index in [0.717, 1.165) is 12.1 Å². The van der Waals surface area contributed by atoms with Crippen molar-refractivity contribution in [3.8, 4) is 0 Å². The molecule has 1 aromatic rings. The minimum atomic E-state index is -4.71. The van der Waals surface area contributed by atoms with Crippen LogP contribution in [-0.4, -0.2) is 24.2 Å². The van der Waals surface area contributed by atoms with Crippen molar-refractivity contribution in [1.29, 1.82) is 0 Å². The Hall–Kier alpha value is -1.38. The number of nitrogens with two attached hydrogens (primary N) is 1. The highest BCUT2D eigenvalue weighted by Crippen LogP contribution is 2.49. The molecule has 3 N–H and O–H groups in total. The van der Waals surface area contributed by atoms with E-state index in [1.165, 1.54) is 0 Å². The van der Waals surface area contributed by atoms with Gasteiger partial charge in [-0.05, 0) is 24.6 Å². The lowest BCUT2D eigenvalue weighted by molar-refractivity contribution is -0.170. The Morgan fingerprint density at radius 1 is 1.38 bits per heavy atom. The minimum Gasteiger partial charge on any atom is -0.378 e. The third-order valence-corrected chi connectivity index (χ3v) is 5.05. The van der Waals surface area contributed by atoms with E-state index in [-0.39, 0.29) is 37.0 Å². The van der Waals surface area contributed by atoms with Crippen LogP contribution in [0.25, 0.3) is 0 Å². The van der Waals surface area contributed by atoms with Crippen molar-refractivity contribution in [3.63, 3.8) is 0 Å². The van der Waals surface area contributed by atoms with Crippen molar-refractivity contribution < 1.29 is 27.1 Å². The van der Waals surface area contributed by atoms with E-state index in [0.29, 0.717) is 12.7 Å². The van der Waals surface area contributed by atoms with Gasteiger partial charge in [-0.2, -0.15) is 13.2 Å². The number of amides is 1. The van der Waals surface area contributed by atoms with Gasteiger partial charge in [0.05, 0.1) is 11.7 Å². The zero-order valence-electron chi connectivity index (χ0n) is 14.7. The summed E-state index contributed by atoms with van der Waals surface area (Å²) in [7, 11) is 0. The molecular formula is C17H23ClF4N2O2. The van der Waals surface area contributed by atoms with E-state index in [4.69, 9.17) is 10.5 Å². The standard InChI is InChI=1S/C17H22F4N2O2.ClH/c1-4-25-13-8-16(22,15(13,2)3)14(24)23-9-10-5-6-11(18)7-12(10)17(19,20)21;/h5-7,13H,4,8-9,22H2,1-3H3,(H,23,24);1H. The van der Waals surface area contributed by atoms with Crippen LogP contribution < -0.4 is 11.1 Å². The number of halogens is 5. The molecule has 0 bridgehead atoms. The van der Waals surface area contributed by atoms with Crippen molar-refractivity contribution in [2.75, 3.05) is 6.61 Å². The molecular weight excluding hydrogens is 376 g/mol. The van der Waals surface area contributed by atoms with Crippen LogP contribution in [0.1, 0.15) is 38.3 Å². The molecule has 1 aromatic carbocycles. The van der Waals surface area contributed by atoms with Gasteiger partial charge in [0.1, 0.15) is 11.4 Å². The van der Waals surface area contributed by atoms with Crippen molar-refractivity contribution in [2.45, 2.75) is 51.6 Å². The van der Waals surface area contributed by atoms with Crippen LogP contribution in [0.15, 0.2) is 18.2 Å². The van der Waals surface area contributed by atoms with Crippen molar-refractivity contribution in [2.24, 2.45) is 11.1 Å². The fraction of sp³-hybridized carbons (Fsp3) is 0.588. The van der Waals surface area contributed by atoms with Crippen LogP contribution in [0.2, 0.25) is 0 Å². The topological polar surface area (TPSA) is 64.3 Å². The second-order valence-corrected chi connectivity index (χ2v) is 6.82. The zero-order chi connectivity index (χ0) is 19.0. The molecule has 26 heavy (non-hydrogen) atoms. The molecule has 1 aliphatic carbocycles. The fourth-order valence-electron chi connectivity index (χ4n) is 3.12. The summed E-state index contributed by atoms with van der Waals surface area (Å²) in [5, 5.41) is 2.45. The molecule has 1 aliphatic rings. The summed E-state index contributed by atoms with van der Waals surface area (Å²) in [4.78, 5) is 12.5. The number of hydrogen-bond donors (Lipinski definition) is 2. The van der Waals surface area contributed by atoms with Crippen molar-refractivity contribution in [1.82, 2.24) is 5.32 Å². The highest BCUT2D eigenvalue weighted by molar-refractivity contribution is 5.88. The molecule has 1 amide bonds. The van der Waals surface area contributed by atoms with Gasteiger partial charge in [-0.1, -0.05) is 19.9 Å². The largest absolute Gasteiger partial charge is 0.416 e. The predicted molar refractivity (Wildman–Crippen MR) is 91.2 cm³/mol. The van der Waals surface area contributed by atoms with Crippen LogP contribution in [-0.2, 0) is 22.3 Å². The molecule has 2 unspecified atom stereocenters. The lowest BCUT2D eigenvalue weighted by atomic mass is 9.54. The Morgan fingerprint density at radius 3 is 2.50 bits per heavy atom. The first-order chi connectivity index (χ1) is 11.4. The van der Waals surface area contributed by atoms with Crippen LogP contribution in [0.3, 0.4) is 0 Å². The molecule has 0 aliphatic heterocycles. The Balaban J connectivity index is 0.00000338. The van der Waals surface area contributed by atoms with Crippen molar-refractivity contribution in [3.05, 3.63) is 35.1 Å². The molecule has 0 saturated heterocycles. The van der Waals surface area contributed by atoms with Gasteiger partial charge >= 0.3 is 6.18 Å². The van der Waals surface area contributed by atoms with Crippen LogP contribution in [0.4, 0.5) is 17.6 Å². The van der Waals surface area contributed by atoms with E-state index in [2.05, 4.69) is 5.32 Å². The number of rotatable bonds is 5. The number of nitrogens with one attached hydrogen (secondary N) is 1. The van der Waals surface area contributed by atoms with E-state index in [1.54, 1.807) is 13.8 Å². The summed E-state index contributed by atoms with van der Waals surface area (Å²) in [6.07, 6.45) is -4.61. The Bertz CT molecular complexity index is 667. The summed E-state index contributed by atoms with van der Waals surface area (Å²) in [5.41, 5.74) is 2.97. The van der Waals surface area contributed by atoms with Gasteiger partial charge in [0.2, 0.25) is 5.91 Å². The highest BCUT2D eigenvalue weighted by Gasteiger charge is 2.62. The maximum atomic E-state index is 13.1. The normalized spacial score (nSPS) is 24.4. The summed E-state index contributed by atoms with van der Waals surface area (Å²) >= 11 is 0. The monoisotopic (exact) mass is 398 g/mol. The molecule has 0 spiro atoms. The SMILES string of the molecule is CCOC1CC(N)(C(=O)NCc2ccc(F)cc2C(F)(F)F)C1(C)C.Cl. The number of alkyl halides is 3. The summed E-state index contributed by atoms with van der Waals surface area (Å²) < 4.78 is 57.7. The van der Waals surface area contributed by atoms with Crippen LogP contribution in [0, 0.1) is 11.2 Å². The van der Waals surface area contributed by atoms with Gasteiger partial charge < -0.3 is 15.8 Å². The average Bonchev–Trinajstić information content (AvgIpc) is 2.52. The second kappa shape index (κ2) is 7.70. The van der Waals surface area contributed by atoms with Crippen molar-refractivity contribution >= 4 is 18.3 Å². The maximum absolute atomic E-state index is 13.1. The first kappa shape index (κ1) is 22.7. The first-order valence-corrected chi connectivity index (χ1v) is 7.98. The number of carbonyl (C=O) groups excluding carboxylic acids is 1. The lowest BCUT2D eigenvalue weighted by Crippen LogP contribution is -2.75. The third-order valence-electron chi connectivity index (χ3n) is 5.05. The van der Waals surface area contributed by atoms with Gasteiger partial charge in [0, 0.05) is 25.0 Å². The minimum absolute atomic E-state index is 0. The molecule has 148 valence electrons. The van der Waals surface area contributed by atoms with Crippen LogP contribution >= 0.6 is 12.4 Å². The molecule has 2 atom stereocenters. The molecule has 0 aromatic heterocycles. The van der Waals surface area contributed by atoms with E-state index < -0.39 is 34.4 Å². The molecule has 2 rings (SSSR count). The number of carbonyl (C=O) groups is 1. The van der Waals surface area contributed by atoms with E-state index in [9.17, 15) is 22.4 Å². The van der Waals surface area contributed by atoms with E-state index in [1.807, 2.05) is 6.92 Å². The summed E-state index contributed by atoms with van der Waals surface area (Å²) in [6.45, 7) is 5.50. The summed E-state index contributed by atoms with van der Waals surface area (Å²) in [5.74, 6) is -1.54. The Kier molecular flexibility index (Phi) is 6.71. The highest BCUT2D eigenvalue weighted by atomic mass is 35.5. The zero-order valence-corrected chi connectivity index (χ0v) is 15.6. The lowest BCUT2D eigenvalue weighted by Gasteiger charge is -2.57. The molecule has 4 nitrogen and oxygen atoms in total. The maximum Gasteiger partial charge on any atom is 0.416 e. The van der Waals surface area contributed by atoms with E-state index >= 15 is 0 Å². The van der Waals surface area contributed by atoms with Gasteiger partial charge in [-0.15, -0.1) is 12.4 Å². The number of hydrogen-bond acceptors (Lipinski definition) is 3. The second-order valence-electron chi connectivity index (χ2n) is 6.82. The van der Waals surface area contributed by atoms with Crippen LogP contribution in [0.5, 0.6) is 0 Å². The fourth-order valence-corrected chi connectivity index (χ4v) is 3.12. The Labute approximate surface area is 155 Å². The smallest absolute Gasteiger partial charge is 0.378 e. The molecule has 9 heteroatoms. The first-order valence-electron chi connectivity index (χ1n) is 7.98. The quantitative estimate of drug-likeness (QED) is 0.747. The summed E-state index contributed by atoms with van der Waals surface area (Å²) in [6, 6.07) is 2.35. The van der Waals surface area contributed by atoms with Gasteiger partial charge in [-0.3, -0.25) is 4.79 Å².